The van der Waals surface area contributed by atoms with Gasteiger partial charge in [-0.1, -0.05) is 50.6 Å². The van der Waals surface area contributed by atoms with Crippen LogP contribution in [0.3, 0.4) is 0 Å². The monoisotopic (exact) mass is 456 g/mol. The first-order valence-electron chi connectivity index (χ1n) is 9.78. The summed E-state index contributed by atoms with van der Waals surface area (Å²) in [6.45, 7) is 7.97. The summed E-state index contributed by atoms with van der Waals surface area (Å²) in [7, 11) is -2.47. The highest BCUT2D eigenvalue weighted by atomic mass is 35.5. The van der Waals surface area contributed by atoms with Crippen LogP contribution in [0, 0.1) is 6.92 Å². The molecule has 0 saturated carbocycles. The lowest BCUT2D eigenvalue weighted by Gasteiger charge is -2.23. The first kappa shape index (κ1) is 23.0. The van der Waals surface area contributed by atoms with Crippen molar-refractivity contribution in [2.45, 2.75) is 38.0 Å². The predicted octanol–water partition coefficient (Wildman–Crippen LogP) is 5.40. The zero-order valence-electron chi connectivity index (χ0n) is 18.2. The molecular formula is C24H25ClN2O3S. The normalized spacial score (nSPS) is 11.9. The summed E-state index contributed by atoms with van der Waals surface area (Å²) in [5.41, 5.74) is 2.26. The van der Waals surface area contributed by atoms with Gasteiger partial charge >= 0.3 is 0 Å². The number of pyridine rings is 1. The van der Waals surface area contributed by atoms with Gasteiger partial charge in [-0.15, -0.1) is 0 Å². The van der Waals surface area contributed by atoms with Crippen LogP contribution in [0.4, 0.5) is 5.69 Å². The van der Waals surface area contributed by atoms with Crippen LogP contribution >= 0.6 is 11.6 Å². The molecule has 0 unspecified atom stereocenters. The molecule has 0 radical (unpaired) electrons. The number of hydrogen-bond donors (Lipinski definition) is 0. The number of ketones is 1. The smallest absolute Gasteiger partial charge is 0.264 e. The van der Waals surface area contributed by atoms with Crippen molar-refractivity contribution < 1.29 is 13.2 Å². The highest BCUT2D eigenvalue weighted by molar-refractivity contribution is 7.92. The number of sulfonamides is 1. The summed E-state index contributed by atoms with van der Waals surface area (Å²) in [6, 6.07) is 16.5. The second-order valence-electron chi connectivity index (χ2n) is 8.40. The quantitative estimate of drug-likeness (QED) is 0.482. The molecule has 162 valence electrons. The van der Waals surface area contributed by atoms with Gasteiger partial charge in [-0.05, 0) is 60.4 Å². The molecule has 7 heteroatoms. The van der Waals surface area contributed by atoms with Gasteiger partial charge in [0.2, 0.25) is 5.78 Å². The third-order valence-corrected chi connectivity index (χ3v) is 7.06. The average Bonchev–Trinajstić information content (AvgIpc) is 2.72. The Morgan fingerprint density at radius 2 is 1.65 bits per heavy atom. The van der Waals surface area contributed by atoms with Gasteiger partial charge in [-0.2, -0.15) is 0 Å². The van der Waals surface area contributed by atoms with Crippen molar-refractivity contribution in [1.82, 2.24) is 4.98 Å². The zero-order valence-corrected chi connectivity index (χ0v) is 19.8. The molecule has 3 aromatic rings. The third kappa shape index (κ3) is 4.81. The van der Waals surface area contributed by atoms with Crippen LogP contribution in [0.25, 0.3) is 0 Å². The number of rotatable bonds is 5. The van der Waals surface area contributed by atoms with E-state index in [1.807, 2.05) is 12.1 Å². The third-order valence-electron chi connectivity index (χ3n) is 5.04. The highest BCUT2D eigenvalue weighted by Crippen LogP contribution is 2.31. The van der Waals surface area contributed by atoms with E-state index in [0.717, 1.165) is 9.87 Å². The average molecular weight is 457 g/mol. The summed E-state index contributed by atoms with van der Waals surface area (Å²) in [6.07, 6.45) is 0. The first-order chi connectivity index (χ1) is 14.4. The molecule has 1 aromatic heterocycles. The molecule has 5 nitrogen and oxygen atoms in total. The minimum absolute atomic E-state index is 0.0925. The Balaban J connectivity index is 2.05. The maximum Gasteiger partial charge on any atom is 0.264 e. The van der Waals surface area contributed by atoms with Gasteiger partial charge in [0.1, 0.15) is 5.69 Å². The van der Waals surface area contributed by atoms with Gasteiger partial charge in [0.15, 0.2) is 0 Å². The number of nitrogens with zero attached hydrogens (tertiary/aromatic N) is 2. The fourth-order valence-electron chi connectivity index (χ4n) is 3.19. The van der Waals surface area contributed by atoms with Crippen molar-refractivity contribution in [3.05, 3.63) is 88.2 Å². The summed E-state index contributed by atoms with van der Waals surface area (Å²) in [5.74, 6) is -0.397. The molecule has 3 rings (SSSR count). The van der Waals surface area contributed by atoms with Crippen molar-refractivity contribution in [3.63, 3.8) is 0 Å². The van der Waals surface area contributed by atoms with E-state index in [2.05, 4.69) is 25.8 Å². The standard InChI is InChI=1S/C24H25ClN2O3S/c1-16-7-6-8-21(26-16)23(28)20-15-18(25)11-14-22(20)27(5)31(29,30)19-12-9-17(10-13-19)24(2,3)4/h6-15H,1-5H3. The molecule has 0 bridgehead atoms. The van der Waals surface area contributed by atoms with Gasteiger partial charge in [0.25, 0.3) is 10.0 Å². The van der Waals surface area contributed by atoms with Crippen LogP contribution in [0.1, 0.15) is 48.1 Å². The SMILES string of the molecule is Cc1cccc(C(=O)c2cc(Cl)ccc2N(C)S(=O)(=O)c2ccc(C(C)(C)C)cc2)n1. The van der Waals surface area contributed by atoms with E-state index in [9.17, 15) is 13.2 Å². The largest absolute Gasteiger partial charge is 0.287 e. The van der Waals surface area contributed by atoms with Gasteiger partial charge in [0, 0.05) is 17.8 Å². The minimum Gasteiger partial charge on any atom is -0.287 e. The Hall–Kier alpha value is -2.70. The lowest BCUT2D eigenvalue weighted by Crippen LogP contribution is -2.28. The summed E-state index contributed by atoms with van der Waals surface area (Å²) in [4.78, 5) is 17.6. The number of hydrogen-bond acceptors (Lipinski definition) is 4. The number of benzene rings is 2. The number of carbonyl (C=O) groups excluding carboxylic acids is 1. The van der Waals surface area contributed by atoms with Crippen molar-refractivity contribution in [3.8, 4) is 0 Å². The molecule has 0 fully saturated rings. The second-order valence-corrected chi connectivity index (χ2v) is 10.8. The molecule has 0 saturated heterocycles. The summed E-state index contributed by atoms with van der Waals surface area (Å²) >= 11 is 6.14. The maximum atomic E-state index is 13.3. The number of anilines is 1. The zero-order chi connectivity index (χ0) is 23.0. The molecule has 0 aliphatic carbocycles. The molecule has 0 N–H and O–H groups in total. The molecule has 0 amide bonds. The van der Waals surface area contributed by atoms with Crippen LogP contribution in [0.2, 0.25) is 5.02 Å². The van der Waals surface area contributed by atoms with E-state index in [-0.39, 0.29) is 27.3 Å². The van der Waals surface area contributed by atoms with Crippen molar-refractivity contribution in [1.29, 1.82) is 0 Å². The lowest BCUT2D eigenvalue weighted by atomic mass is 9.87. The number of halogens is 1. The molecule has 31 heavy (non-hydrogen) atoms. The predicted molar refractivity (Wildman–Crippen MR) is 125 cm³/mol. The molecule has 2 aromatic carbocycles. The van der Waals surface area contributed by atoms with E-state index in [1.54, 1.807) is 43.3 Å². The highest BCUT2D eigenvalue weighted by Gasteiger charge is 2.27. The number of aromatic nitrogens is 1. The number of aryl methyl sites for hydroxylation is 1. The second kappa shape index (κ2) is 8.44. The molecule has 0 aliphatic heterocycles. The Morgan fingerprint density at radius 1 is 1.00 bits per heavy atom. The fourth-order valence-corrected chi connectivity index (χ4v) is 4.57. The Bertz CT molecular complexity index is 1230. The summed E-state index contributed by atoms with van der Waals surface area (Å²) in [5, 5.41) is 0.333. The van der Waals surface area contributed by atoms with Gasteiger partial charge < -0.3 is 0 Å². The van der Waals surface area contributed by atoms with Gasteiger partial charge in [-0.3, -0.25) is 9.10 Å². The minimum atomic E-state index is -3.90. The molecule has 0 atom stereocenters. The molecular weight excluding hydrogens is 432 g/mol. The lowest BCUT2D eigenvalue weighted by molar-refractivity contribution is 0.103. The van der Waals surface area contributed by atoms with Crippen LogP contribution in [-0.2, 0) is 15.4 Å². The van der Waals surface area contributed by atoms with Crippen molar-refractivity contribution >= 4 is 33.1 Å². The van der Waals surface area contributed by atoms with E-state index in [4.69, 9.17) is 11.6 Å². The van der Waals surface area contributed by atoms with Gasteiger partial charge in [-0.25, -0.2) is 13.4 Å². The van der Waals surface area contributed by atoms with Crippen molar-refractivity contribution in [2.24, 2.45) is 0 Å². The summed E-state index contributed by atoms with van der Waals surface area (Å²) < 4.78 is 27.7. The Kier molecular flexibility index (Phi) is 6.25. The van der Waals surface area contributed by atoms with Gasteiger partial charge in [0.05, 0.1) is 16.1 Å². The van der Waals surface area contributed by atoms with Crippen molar-refractivity contribution in [2.75, 3.05) is 11.4 Å². The maximum absolute atomic E-state index is 13.3. The van der Waals surface area contributed by atoms with Crippen LogP contribution in [0.15, 0.2) is 65.6 Å². The Morgan fingerprint density at radius 3 is 2.23 bits per heavy atom. The number of carbonyl (C=O) groups is 1. The molecule has 0 aliphatic rings. The van der Waals surface area contributed by atoms with E-state index >= 15 is 0 Å². The molecule has 1 heterocycles. The van der Waals surface area contributed by atoms with Crippen LogP contribution in [-0.4, -0.2) is 26.2 Å². The van der Waals surface area contributed by atoms with Crippen LogP contribution < -0.4 is 4.31 Å². The Labute approximate surface area is 188 Å². The van der Waals surface area contributed by atoms with E-state index < -0.39 is 15.8 Å². The first-order valence-corrected chi connectivity index (χ1v) is 11.6. The van der Waals surface area contributed by atoms with Crippen LogP contribution in [0.5, 0.6) is 0 Å². The van der Waals surface area contributed by atoms with E-state index in [0.29, 0.717) is 10.7 Å². The fraction of sp³-hybridized carbons (Fsp3) is 0.250. The molecule has 0 spiro atoms. The topological polar surface area (TPSA) is 67.3 Å². The van der Waals surface area contributed by atoms with E-state index in [1.165, 1.54) is 19.2 Å².